The Kier molecular flexibility index (Phi) is 4.53. The Morgan fingerprint density at radius 3 is 2.88 bits per heavy atom. The highest BCUT2D eigenvalue weighted by Crippen LogP contribution is 2.12. The highest BCUT2D eigenvalue weighted by molar-refractivity contribution is 5.97. The second-order valence-corrected chi connectivity index (χ2v) is 6.30. The van der Waals surface area contributed by atoms with Crippen LogP contribution < -0.4 is 16.6 Å². The number of H-pyrrole nitrogens is 1. The molecule has 0 saturated carbocycles. The molecular formula is C17H21N3O4. The molecule has 2 N–H and O–H groups in total. The Balaban J connectivity index is 1.88. The average molecular weight is 331 g/mol. The topological polar surface area (TPSA) is 93.2 Å². The summed E-state index contributed by atoms with van der Waals surface area (Å²) in [7, 11) is 0. The predicted molar refractivity (Wildman–Crippen MR) is 90.5 cm³/mol. The molecule has 1 aromatic heterocycles. The number of aromatic amines is 1. The minimum absolute atomic E-state index is 0.0625. The van der Waals surface area contributed by atoms with Gasteiger partial charge in [-0.05, 0) is 44.9 Å². The van der Waals surface area contributed by atoms with Gasteiger partial charge in [0, 0.05) is 24.8 Å². The summed E-state index contributed by atoms with van der Waals surface area (Å²) in [4.78, 5) is 39.4. The fourth-order valence-corrected chi connectivity index (χ4v) is 2.96. The van der Waals surface area contributed by atoms with Gasteiger partial charge in [0.2, 0.25) is 0 Å². The number of fused-ring (bicyclic) bond motifs is 1. The first-order chi connectivity index (χ1) is 11.5. The van der Waals surface area contributed by atoms with Crippen molar-refractivity contribution in [3.05, 3.63) is 44.6 Å². The third-order valence-electron chi connectivity index (χ3n) is 4.22. The molecule has 2 aromatic rings. The zero-order chi connectivity index (χ0) is 17.3. The van der Waals surface area contributed by atoms with Crippen LogP contribution in [0.2, 0.25) is 0 Å². The van der Waals surface area contributed by atoms with E-state index in [4.69, 9.17) is 4.74 Å². The fourth-order valence-electron chi connectivity index (χ4n) is 2.96. The number of amides is 1. The molecule has 7 nitrogen and oxygen atoms in total. The van der Waals surface area contributed by atoms with Crippen LogP contribution in [-0.4, -0.2) is 34.7 Å². The number of hydrogen-bond donors (Lipinski definition) is 2. The maximum absolute atomic E-state index is 12.4. The van der Waals surface area contributed by atoms with Crippen LogP contribution in [0.25, 0.3) is 10.9 Å². The van der Waals surface area contributed by atoms with E-state index in [1.165, 1.54) is 10.6 Å². The number of benzene rings is 1. The molecule has 0 radical (unpaired) electrons. The molecule has 1 aromatic carbocycles. The normalized spacial score (nSPS) is 17.5. The SMILES string of the molecule is CC(C)n1c(=O)[nH]c2cc(C(=O)NCC3CCCO3)ccc2c1=O. The van der Waals surface area contributed by atoms with Crippen LogP contribution in [0, 0.1) is 0 Å². The lowest BCUT2D eigenvalue weighted by atomic mass is 10.1. The number of nitrogens with one attached hydrogen (secondary N) is 2. The van der Waals surface area contributed by atoms with E-state index in [0.717, 1.165) is 19.4 Å². The first-order valence-electron chi connectivity index (χ1n) is 8.15. The van der Waals surface area contributed by atoms with Crippen molar-refractivity contribution in [1.82, 2.24) is 14.9 Å². The van der Waals surface area contributed by atoms with Crippen LogP contribution >= 0.6 is 0 Å². The average Bonchev–Trinajstić information content (AvgIpc) is 3.05. The highest BCUT2D eigenvalue weighted by Gasteiger charge is 2.17. The minimum Gasteiger partial charge on any atom is -0.376 e. The van der Waals surface area contributed by atoms with Gasteiger partial charge in [-0.15, -0.1) is 0 Å². The number of nitrogens with zero attached hydrogens (tertiary/aromatic N) is 1. The monoisotopic (exact) mass is 331 g/mol. The zero-order valence-electron chi connectivity index (χ0n) is 13.8. The second-order valence-electron chi connectivity index (χ2n) is 6.30. The summed E-state index contributed by atoms with van der Waals surface area (Å²) in [6.45, 7) is 4.74. The van der Waals surface area contributed by atoms with Gasteiger partial charge in [0.05, 0.1) is 17.0 Å². The number of carbonyl (C=O) groups is 1. The van der Waals surface area contributed by atoms with Gasteiger partial charge in [-0.2, -0.15) is 0 Å². The van der Waals surface area contributed by atoms with Crippen molar-refractivity contribution < 1.29 is 9.53 Å². The molecule has 1 unspecified atom stereocenters. The van der Waals surface area contributed by atoms with E-state index in [2.05, 4.69) is 10.3 Å². The molecule has 1 saturated heterocycles. The molecule has 3 rings (SSSR count). The summed E-state index contributed by atoms with van der Waals surface area (Å²) in [5, 5.41) is 3.21. The van der Waals surface area contributed by atoms with Gasteiger partial charge in [0.15, 0.2) is 0 Å². The highest BCUT2D eigenvalue weighted by atomic mass is 16.5. The first-order valence-corrected chi connectivity index (χ1v) is 8.15. The van der Waals surface area contributed by atoms with Gasteiger partial charge in [-0.1, -0.05) is 0 Å². The molecule has 0 spiro atoms. The van der Waals surface area contributed by atoms with E-state index in [0.29, 0.717) is 23.0 Å². The summed E-state index contributed by atoms with van der Waals surface area (Å²) >= 11 is 0. The summed E-state index contributed by atoms with van der Waals surface area (Å²) in [6, 6.07) is 4.47. The van der Waals surface area contributed by atoms with E-state index < -0.39 is 5.69 Å². The molecule has 1 aliphatic heterocycles. The number of rotatable bonds is 4. The van der Waals surface area contributed by atoms with Crippen molar-refractivity contribution in [2.45, 2.75) is 38.8 Å². The summed E-state index contributed by atoms with van der Waals surface area (Å²) in [5.41, 5.74) is -0.0565. The first kappa shape index (κ1) is 16.4. The second kappa shape index (κ2) is 6.60. The van der Waals surface area contributed by atoms with Crippen molar-refractivity contribution in [2.75, 3.05) is 13.2 Å². The molecular weight excluding hydrogens is 310 g/mol. The number of hydrogen-bond acceptors (Lipinski definition) is 4. The van der Waals surface area contributed by atoms with E-state index in [1.807, 2.05) is 0 Å². The lowest BCUT2D eigenvalue weighted by Crippen LogP contribution is -2.36. The zero-order valence-corrected chi connectivity index (χ0v) is 13.8. The van der Waals surface area contributed by atoms with E-state index >= 15 is 0 Å². The van der Waals surface area contributed by atoms with Gasteiger partial charge in [-0.25, -0.2) is 4.79 Å². The van der Waals surface area contributed by atoms with Crippen LogP contribution in [0.1, 0.15) is 43.1 Å². The van der Waals surface area contributed by atoms with Crippen molar-refractivity contribution >= 4 is 16.8 Å². The smallest absolute Gasteiger partial charge is 0.329 e. The molecule has 0 bridgehead atoms. The number of carbonyl (C=O) groups excluding carboxylic acids is 1. The van der Waals surface area contributed by atoms with Crippen LogP contribution in [-0.2, 0) is 4.74 Å². The Bertz CT molecular complexity index is 876. The Hall–Kier alpha value is -2.41. The van der Waals surface area contributed by atoms with Crippen molar-refractivity contribution in [3.63, 3.8) is 0 Å². The fraction of sp³-hybridized carbons (Fsp3) is 0.471. The number of aromatic nitrogens is 2. The molecule has 24 heavy (non-hydrogen) atoms. The summed E-state index contributed by atoms with van der Waals surface area (Å²) in [6.07, 6.45) is 2.02. The third kappa shape index (κ3) is 3.12. The molecule has 1 fully saturated rings. The number of ether oxygens (including phenoxy) is 1. The van der Waals surface area contributed by atoms with Gasteiger partial charge in [0.1, 0.15) is 0 Å². The molecule has 1 amide bonds. The molecule has 7 heteroatoms. The lowest BCUT2D eigenvalue weighted by Gasteiger charge is -2.12. The van der Waals surface area contributed by atoms with Crippen molar-refractivity contribution in [2.24, 2.45) is 0 Å². The van der Waals surface area contributed by atoms with Crippen LogP contribution in [0.4, 0.5) is 0 Å². The standard InChI is InChI=1S/C17H21N3O4/c1-10(2)20-16(22)13-6-5-11(8-14(13)19-17(20)23)15(21)18-9-12-4-3-7-24-12/h5-6,8,10,12H,3-4,7,9H2,1-2H3,(H,18,21)(H,19,23). The van der Waals surface area contributed by atoms with Gasteiger partial charge in [0.25, 0.3) is 11.5 Å². The molecule has 0 aliphatic carbocycles. The Labute approximate surface area is 138 Å². The van der Waals surface area contributed by atoms with Crippen LogP contribution in [0.3, 0.4) is 0 Å². The van der Waals surface area contributed by atoms with E-state index in [-0.39, 0.29) is 23.6 Å². The lowest BCUT2D eigenvalue weighted by molar-refractivity contribution is 0.0858. The van der Waals surface area contributed by atoms with Crippen LogP contribution in [0.15, 0.2) is 27.8 Å². The van der Waals surface area contributed by atoms with Crippen molar-refractivity contribution in [3.8, 4) is 0 Å². The molecule has 2 heterocycles. The predicted octanol–water partition coefficient (Wildman–Crippen LogP) is 1.18. The molecule has 1 aliphatic rings. The minimum atomic E-state index is -0.473. The maximum atomic E-state index is 12.4. The van der Waals surface area contributed by atoms with E-state index in [9.17, 15) is 14.4 Å². The summed E-state index contributed by atoms with van der Waals surface area (Å²) < 4.78 is 6.64. The molecule has 128 valence electrons. The Morgan fingerprint density at radius 1 is 1.42 bits per heavy atom. The Morgan fingerprint density at radius 2 is 2.21 bits per heavy atom. The quantitative estimate of drug-likeness (QED) is 0.880. The van der Waals surface area contributed by atoms with Gasteiger partial charge < -0.3 is 15.0 Å². The molecule has 1 atom stereocenters. The van der Waals surface area contributed by atoms with Crippen molar-refractivity contribution in [1.29, 1.82) is 0 Å². The van der Waals surface area contributed by atoms with E-state index in [1.54, 1.807) is 26.0 Å². The third-order valence-corrected chi connectivity index (χ3v) is 4.22. The maximum Gasteiger partial charge on any atom is 0.329 e. The summed E-state index contributed by atoms with van der Waals surface area (Å²) in [5.74, 6) is -0.249. The largest absolute Gasteiger partial charge is 0.376 e. The van der Waals surface area contributed by atoms with Gasteiger partial charge in [-0.3, -0.25) is 14.2 Å². The van der Waals surface area contributed by atoms with Crippen LogP contribution in [0.5, 0.6) is 0 Å². The van der Waals surface area contributed by atoms with Gasteiger partial charge >= 0.3 is 5.69 Å².